The van der Waals surface area contributed by atoms with Gasteiger partial charge >= 0.3 is 0 Å². The van der Waals surface area contributed by atoms with Gasteiger partial charge in [0.05, 0.1) is 11.0 Å². The molecular weight excluding hydrogens is 333 g/mol. The Hall–Kier alpha value is -0.330. The maximum absolute atomic E-state index is 12.9. The fourth-order valence-corrected chi connectivity index (χ4v) is 4.96. The standard InChI is InChI=1S/C14H19Cl2NO3S/c1-10-11(8-15)6-12(16)7-14(10)21(18,19)17-5-3-4-13(9-17)20-2/h6-7,13H,3-5,8-9H2,1-2H3. The topological polar surface area (TPSA) is 46.6 Å². The number of rotatable bonds is 4. The van der Waals surface area contributed by atoms with E-state index in [2.05, 4.69) is 0 Å². The second-order valence-electron chi connectivity index (χ2n) is 5.18. The average Bonchev–Trinajstić information content (AvgIpc) is 2.49. The van der Waals surface area contributed by atoms with Crippen LogP contribution in [0.4, 0.5) is 0 Å². The Kier molecular flexibility index (Phi) is 5.54. The molecule has 7 heteroatoms. The molecule has 0 saturated carbocycles. The van der Waals surface area contributed by atoms with Gasteiger partial charge in [-0.1, -0.05) is 11.6 Å². The van der Waals surface area contributed by atoms with Gasteiger partial charge in [-0.25, -0.2) is 8.42 Å². The molecule has 1 aliphatic rings. The number of ether oxygens (including phenoxy) is 1. The molecule has 0 amide bonds. The summed E-state index contributed by atoms with van der Waals surface area (Å²) in [6.07, 6.45) is 1.62. The van der Waals surface area contributed by atoms with E-state index in [0.29, 0.717) is 23.7 Å². The maximum atomic E-state index is 12.9. The number of methoxy groups -OCH3 is 1. The molecule has 1 aliphatic heterocycles. The van der Waals surface area contributed by atoms with Gasteiger partial charge in [0.15, 0.2) is 0 Å². The van der Waals surface area contributed by atoms with E-state index in [4.69, 9.17) is 27.9 Å². The average molecular weight is 352 g/mol. The van der Waals surface area contributed by atoms with Crippen molar-refractivity contribution < 1.29 is 13.2 Å². The highest BCUT2D eigenvalue weighted by Gasteiger charge is 2.31. The van der Waals surface area contributed by atoms with E-state index in [1.54, 1.807) is 20.1 Å². The summed E-state index contributed by atoms with van der Waals surface area (Å²) in [4.78, 5) is 0.238. The van der Waals surface area contributed by atoms with Gasteiger partial charge in [-0.15, -0.1) is 11.6 Å². The zero-order valence-electron chi connectivity index (χ0n) is 12.1. The number of alkyl halides is 1. The lowest BCUT2D eigenvalue weighted by atomic mass is 10.1. The molecule has 0 spiro atoms. The van der Waals surface area contributed by atoms with E-state index >= 15 is 0 Å². The molecule has 1 fully saturated rings. The van der Waals surface area contributed by atoms with Crippen LogP contribution in [0.15, 0.2) is 17.0 Å². The molecule has 1 atom stereocenters. The third kappa shape index (κ3) is 3.54. The van der Waals surface area contributed by atoms with Crippen molar-refractivity contribution in [2.24, 2.45) is 0 Å². The summed E-state index contributed by atoms with van der Waals surface area (Å²) < 4.78 is 32.5. The normalized spacial score (nSPS) is 20.7. The van der Waals surface area contributed by atoms with Crippen LogP contribution < -0.4 is 0 Å². The van der Waals surface area contributed by atoms with Crippen molar-refractivity contribution in [3.63, 3.8) is 0 Å². The Bertz CT molecular complexity index is 619. The molecule has 1 heterocycles. The van der Waals surface area contributed by atoms with Gasteiger partial charge in [0.25, 0.3) is 0 Å². The lowest BCUT2D eigenvalue weighted by Crippen LogP contribution is -2.43. The number of hydrogen-bond donors (Lipinski definition) is 0. The Balaban J connectivity index is 2.42. The van der Waals surface area contributed by atoms with Crippen LogP contribution in [0.5, 0.6) is 0 Å². The van der Waals surface area contributed by atoms with Gasteiger partial charge in [-0.2, -0.15) is 4.31 Å². The Morgan fingerprint density at radius 1 is 1.43 bits per heavy atom. The van der Waals surface area contributed by atoms with Gasteiger partial charge in [0.2, 0.25) is 10.0 Å². The van der Waals surface area contributed by atoms with Gasteiger partial charge < -0.3 is 4.74 Å². The number of benzene rings is 1. The monoisotopic (exact) mass is 351 g/mol. The molecule has 4 nitrogen and oxygen atoms in total. The highest BCUT2D eigenvalue weighted by Crippen LogP contribution is 2.29. The van der Waals surface area contributed by atoms with Crippen LogP contribution >= 0.6 is 23.2 Å². The molecule has 2 rings (SSSR count). The first kappa shape index (κ1) is 17.0. The van der Waals surface area contributed by atoms with Crippen LogP contribution in [0.2, 0.25) is 5.02 Å². The lowest BCUT2D eigenvalue weighted by Gasteiger charge is -2.31. The van der Waals surface area contributed by atoms with E-state index in [1.807, 2.05) is 0 Å². The highest BCUT2D eigenvalue weighted by molar-refractivity contribution is 7.89. The third-order valence-electron chi connectivity index (χ3n) is 3.87. The molecule has 1 unspecified atom stereocenters. The van der Waals surface area contributed by atoms with Crippen LogP contribution in [-0.4, -0.2) is 39.0 Å². The quantitative estimate of drug-likeness (QED) is 0.782. The molecule has 1 aromatic rings. The van der Waals surface area contributed by atoms with E-state index < -0.39 is 10.0 Å². The minimum atomic E-state index is -3.58. The van der Waals surface area contributed by atoms with Gasteiger partial charge in [-0.05, 0) is 43.0 Å². The number of hydrogen-bond acceptors (Lipinski definition) is 3. The fraction of sp³-hybridized carbons (Fsp3) is 0.571. The van der Waals surface area contributed by atoms with Crippen LogP contribution in [0.25, 0.3) is 0 Å². The van der Waals surface area contributed by atoms with Gasteiger partial charge in [0, 0.05) is 31.1 Å². The fourth-order valence-electron chi connectivity index (χ4n) is 2.57. The number of sulfonamides is 1. The second kappa shape index (κ2) is 6.84. The summed E-state index contributed by atoms with van der Waals surface area (Å²) in [5, 5.41) is 0.384. The summed E-state index contributed by atoms with van der Waals surface area (Å²) in [5.74, 6) is 0.232. The summed E-state index contributed by atoms with van der Waals surface area (Å²) in [6.45, 7) is 2.64. The Morgan fingerprint density at radius 2 is 2.14 bits per heavy atom. The SMILES string of the molecule is COC1CCCN(S(=O)(=O)c2cc(Cl)cc(CCl)c2C)C1. The molecule has 0 aliphatic carbocycles. The molecule has 0 radical (unpaired) electrons. The molecule has 1 saturated heterocycles. The van der Waals surface area contributed by atoms with Crippen molar-refractivity contribution in [2.75, 3.05) is 20.2 Å². The smallest absolute Gasteiger partial charge is 0.243 e. The predicted molar refractivity (Wildman–Crippen MR) is 84.5 cm³/mol. The molecule has 0 bridgehead atoms. The Morgan fingerprint density at radius 3 is 2.76 bits per heavy atom. The summed E-state index contributed by atoms with van der Waals surface area (Å²) in [5.41, 5.74) is 1.40. The van der Waals surface area contributed by atoms with E-state index in [0.717, 1.165) is 18.4 Å². The molecule has 0 aromatic heterocycles. The van der Waals surface area contributed by atoms with Crippen LogP contribution in [0.3, 0.4) is 0 Å². The third-order valence-corrected chi connectivity index (χ3v) is 6.37. The number of halogens is 2. The second-order valence-corrected chi connectivity index (χ2v) is 7.79. The first-order valence-corrected chi connectivity index (χ1v) is 9.13. The van der Waals surface area contributed by atoms with Crippen molar-refractivity contribution in [3.8, 4) is 0 Å². The minimum absolute atomic E-state index is 0.0551. The van der Waals surface area contributed by atoms with Crippen LogP contribution in [-0.2, 0) is 20.6 Å². The molecule has 118 valence electrons. The summed E-state index contributed by atoms with van der Waals surface area (Å²) in [6, 6.07) is 3.20. The number of nitrogens with zero attached hydrogens (tertiary/aromatic N) is 1. The Labute approximate surface area is 136 Å². The van der Waals surface area contributed by atoms with Crippen molar-refractivity contribution in [2.45, 2.75) is 36.6 Å². The van der Waals surface area contributed by atoms with Gasteiger partial charge in [0.1, 0.15) is 0 Å². The largest absolute Gasteiger partial charge is 0.380 e. The van der Waals surface area contributed by atoms with E-state index in [9.17, 15) is 8.42 Å². The summed E-state index contributed by atoms with van der Waals surface area (Å²) in [7, 11) is -1.97. The minimum Gasteiger partial charge on any atom is -0.380 e. The molecule has 0 N–H and O–H groups in total. The van der Waals surface area contributed by atoms with Crippen LogP contribution in [0, 0.1) is 6.92 Å². The van der Waals surface area contributed by atoms with Crippen LogP contribution in [0.1, 0.15) is 24.0 Å². The van der Waals surface area contributed by atoms with E-state index in [-0.39, 0.29) is 16.9 Å². The van der Waals surface area contributed by atoms with Crippen molar-refractivity contribution in [3.05, 3.63) is 28.3 Å². The zero-order chi connectivity index (χ0) is 15.6. The first-order chi connectivity index (χ1) is 9.90. The molecule has 1 aromatic carbocycles. The van der Waals surface area contributed by atoms with Crippen molar-refractivity contribution >= 4 is 33.2 Å². The maximum Gasteiger partial charge on any atom is 0.243 e. The number of piperidine rings is 1. The zero-order valence-corrected chi connectivity index (χ0v) is 14.4. The lowest BCUT2D eigenvalue weighted by molar-refractivity contribution is 0.0572. The molecular formula is C14H19Cl2NO3S. The van der Waals surface area contributed by atoms with Crippen molar-refractivity contribution in [1.29, 1.82) is 0 Å². The first-order valence-electron chi connectivity index (χ1n) is 6.78. The highest BCUT2D eigenvalue weighted by atomic mass is 35.5. The van der Waals surface area contributed by atoms with Gasteiger partial charge in [-0.3, -0.25) is 0 Å². The van der Waals surface area contributed by atoms with E-state index in [1.165, 1.54) is 10.4 Å². The van der Waals surface area contributed by atoms with Crippen molar-refractivity contribution in [1.82, 2.24) is 4.31 Å². The molecule has 21 heavy (non-hydrogen) atoms. The predicted octanol–water partition coefficient (Wildman–Crippen LogP) is 3.19. The summed E-state index contributed by atoms with van der Waals surface area (Å²) >= 11 is 11.9.